The molecule has 0 spiro atoms. The zero-order chi connectivity index (χ0) is 23.1. The van der Waals surface area contributed by atoms with Gasteiger partial charge in [0.2, 0.25) is 0 Å². The van der Waals surface area contributed by atoms with Gasteiger partial charge in [-0.1, -0.05) is 12.1 Å². The molecule has 0 aliphatic rings. The molecule has 2 aromatic carbocycles. The maximum atomic E-state index is 13.2. The van der Waals surface area contributed by atoms with Crippen molar-refractivity contribution in [2.24, 2.45) is 0 Å². The molecule has 0 atom stereocenters. The monoisotopic (exact) mass is 451 g/mol. The van der Waals surface area contributed by atoms with Gasteiger partial charge < -0.3 is 4.74 Å². The van der Waals surface area contributed by atoms with Crippen molar-refractivity contribution in [2.45, 2.75) is 12.5 Å². The largest absolute Gasteiger partial charge is 0.573 e. The van der Waals surface area contributed by atoms with Gasteiger partial charge in [0.25, 0.3) is 5.56 Å². The summed E-state index contributed by atoms with van der Waals surface area (Å²) in [5.74, 6) is -0.505. The predicted octanol–water partition coefficient (Wildman–Crippen LogP) is 5.37. The minimum absolute atomic E-state index is 0.00178. The summed E-state index contributed by atoms with van der Waals surface area (Å²) < 4.78 is 81.4. The molecule has 0 N–H and O–H groups in total. The molecule has 0 unspecified atom stereocenters. The molecule has 0 fully saturated rings. The Kier molecular flexibility index (Phi) is 5.11. The lowest BCUT2D eigenvalue weighted by atomic mass is 10.1. The lowest BCUT2D eigenvalue weighted by Crippen LogP contribution is -2.22. The van der Waals surface area contributed by atoms with E-state index in [1.807, 2.05) is 0 Å². The summed E-state index contributed by atoms with van der Waals surface area (Å²) >= 11 is 0. The first kappa shape index (κ1) is 21.3. The number of halogens is 6. The van der Waals surface area contributed by atoms with E-state index in [-0.39, 0.29) is 27.8 Å². The Morgan fingerprint density at radius 1 is 0.875 bits per heavy atom. The second-order valence-electron chi connectivity index (χ2n) is 6.59. The first-order chi connectivity index (χ1) is 15.0. The maximum absolute atomic E-state index is 13.2. The van der Waals surface area contributed by atoms with E-state index in [0.717, 1.165) is 28.9 Å². The van der Waals surface area contributed by atoms with Crippen LogP contribution in [0.1, 0.15) is 5.56 Å². The SMILES string of the molecule is O=c1c2cccnc2c(-c2cccc(C(F)(F)F)c2)nn1-c1ccc(OC(F)(F)F)cc1. The van der Waals surface area contributed by atoms with Crippen molar-refractivity contribution in [1.29, 1.82) is 0 Å². The van der Waals surface area contributed by atoms with Crippen molar-refractivity contribution in [3.8, 4) is 22.7 Å². The standard InChI is InChI=1S/C21H11F6N3O2/c22-20(23,24)13-4-1-3-12(11-13)17-18-16(5-2-10-28-18)19(31)30(29-17)14-6-8-15(9-7-14)32-21(25,26)27/h1-11H. The molecule has 0 amide bonds. The van der Waals surface area contributed by atoms with Gasteiger partial charge in [-0.05, 0) is 48.5 Å². The van der Waals surface area contributed by atoms with Crippen molar-refractivity contribution in [2.75, 3.05) is 0 Å². The fourth-order valence-corrected chi connectivity index (χ4v) is 3.07. The molecule has 0 saturated carbocycles. The van der Waals surface area contributed by atoms with Gasteiger partial charge in [0.05, 0.1) is 16.6 Å². The minimum atomic E-state index is -4.89. The van der Waals surface area contributed by atoms with Crippen LogP contribution in [0, 0.1) is 0 Å². The molecule has 2 heterocycles. The molecular formula is C21H11F6N3O2. The Labute approximate surface area is 175 Å². The summed E-state index contributed by atoms with van der Waals surface area (Å²) in [6.07, 6.45) is -8.11. The topological polar surface area (TPSA) is 57.0 Å². The number of aromatic nitrogens is 3. The molecule has 32 heavy (non-hydrogen) atoms. The third-order valence-electron chi connectivity index (χ3n) is 4.43. The Morgan fingerprint density at radius 3 is 2.25 bits per heavy atom. The first-order valence-electron chi connectivity index (χ1n) is 8.95. The zero-order valence-electron chi connectivity index (χ0n) is 15.8. The predicted molar refractivity (Wildman–Crippen MR) is 102 cm³/mol. The van der Waals surface area contributed by atoms with Gasteiger partial charge in [0, 0.05) is 11.8 Å². The zero-order valence-corrected chi connectivity index (χ0v) is 15.8. The number of nitrogens with zero attached hydrogens (tertiary/aromatic N) is 3. The average molecular weight is 451 g/mol. The molecule has 0 saturated heterocycles. The number of rotatable bonds is 3. The smallest absolute Gasteiger partial charge is 0.406 e. The van der Waals surface area contributed by atoms with Crippen LogP contribution in [0.15, 0.2) is 71.7 Å². The molecule has 5 nitrogen and oxygen atoms in total. The van der Waals surface area contributed by atoms with Crippen LogP contribution < -0.4 is 10.3 Å². The maximum Gasteiger partial charge on any atom is 0.573 e. The number of alkyl halides is 6. The van der Waals surface area contributed by atoms with Gasteiger partial charge in [0.15, 0.2) is 0 Å². The molecule has 164 valence electrons. The summed E-state index contributed by atoms with van der Waals surface area (Å²) in [5, 5.41) is 4.25. The van der Waals surface area contributed by atoms with Crippen LogP contribution in [-0.4, -0.2) is 21.1 Å². The third-order valence-corrected chi connectivity index (χ3v) is 4.43. The van der Waals surface area contributed by atoms with Gasteiger partial charge in [-0.25, -0.2) is 0 Å². The summed E-state index contributed by atoms with van der Waals surface area (Å²) in [5.41, 5.74) is -1.31. The Balaban J connectivity index is 1.90. The molecule has 0 aliphatic heterocycles. The highest BCUT2D eigenvalue weighted by atomic mass is 19.4. The van der Waals surface area contributed by atoms with Crippen molar-refractivity contribution < 1.29 is 31.1 Å². The summed E-state index contributed by atoms with van der Waals surface area (Å²) in [6.45, 7) is 0. The fraction of sp³-hybridized carbons (Fsp3) is 0.0952. The number of pyridine rings is 1. The quantitative estimate of drug-likeness (QED) is 0.394. The van der Waals surface area contributed by atoms with E-state index in [1.165, 1.54) is 42.6 Å². The van der Waals surface area contributed by atoms with Gasteiger partial charge >= 0.3 is 12.5 Å². The van der Waals surface area contributed by atoms with E-state index in [9.17, 15) is 31.1 Å². The number of fused-ring (bicyclic) bond motifs is 1. The average Bonchev–Trinajstić information content (AvgIpc) is 2.73. The van der Waals surface area contributed by atoms with Crippen LogP contribution in [0.3, 0.4) is 0 Å². The van der Waals surface area contributed by atoms with Crippen molar-refractivity contribution >= 4 is 10.9 Å². The molecule has 0 aliphatic carbocycles. The van der Waals surface area contributed by atoms with Crippen LogP contribution in [-0.2, 0) is 6.18 Å². The van der Waals surface area contributed by atoms with Crippen molar-refractivity contribution in [3.05, 3.63) is 82.8 Å². The Hall–Kier alpha value is -3.89. The van der Waals surface area contributed by atoms with E-state index in [0.29, 0.717) is 0 Å². The van der Waals surface area contributed by atoms with E-state index in [1.54, 1.807) is 0 Å². The second kappa shape index (κ2) is 7.66. The molecular weight excluding hydrogens is 440 g/mol. The van der Waals surface area contributed by atoms with Crippen molar-refractivity contribution in [3.63, 3.8) is 0 Å². The van der Waals surface area contributed by atoms with Crippen LogP contribution in [0.4, 0.5) is 26.3 Å². The summed E-state index contributed by atoms with van der Waals surface area (Å²) in [4.78, 5) is 17.0. The molecule has 0 radical (unpaired) electrons. The van der Waals surface area contributed by atoms with Crippen molar-refractivity contribution in [1.82, 2.24) is 14.8 Å². The van der Waals surface area contributed by atoms with Crippen LogP contribution in [0.25, 0.3) is 27.8 Å². The van der Waals surface area contributed by atoms with E-state index in [4.69, 9.17) is 0 Å². The van der Waals surface area contributed by atoms with Gasteiger partial charge in [-0.15, -0.1) is 13.2 Å². The summed E-state index contributed by atoms with van der Waals surface area (Å²) in [7, 11) is 0. The highest BCUT2D eigenvalue weighted by molar-refractivity contribution is 5.90. The number of hydrogen-bond donors (Lipinski definition) is 0. The van der Waals surface area contributed by atoms with Crippen LogP contribution in [0.5, 0.6) is 5.75 Å². The first-order valence-corrected chi connectivity index (χ1v) is 8.95. The number of benzene rings is 2. The number of ether oxygens (including phenoxy) is 1. The van der Waals surface area contributed by atoms with E-state index < -0.39 is 29.4 Å². The third kappa shape index (κ3) is 4.27. The second-order valence-corrected chi connectivity index (χ2v) is 6.59. The molecule has 0 bridgehead atoms. The van der Waals surface area contributed by atoms with E-state index in [2.05, 4.69) is 14.8 Å². The van der Waals surface area contributed by atoms with Gasteiger partial charge in [0.1, 0.15) is 17.0 Å². The molecule has 11 heteroatoms. The van der Waals surface area contributed by atoms with Gasteiger partial charge in [-0.2, -0.15) is 23.0 Å². The highest BCUT2D eigenvalue weighted by Crippen LogP contribution is 2.33. The fourth-order valence-electron chi connectivity index (χ4n) is 3.07. The molecule has 4 aromatic rings. The molecule has 2 aromatic heterocycles. The van der Waals surface area contributed by atoms with Crippen LogP contribution in [0.2, 0.25) is 0 Å². The minimum Gasteiger partial charge on any atom is -0.406 e. The molecule has 4 rings (SSSR count). The van der Waals surface area contributed by atoms with Gasteiger partial charge in [-0.3, -0.25) is 9.78 Å². The Morgan fingerprint density at radius 2 is 1.59 bits per heavy atom. The van der Waals surface area contributed by atoms with Crippen LogP contribution >= 0.6 is 0 Å². The highest BCUT2D eigenvalue weighted by Gasteiger charge is 2.32. The van der Waals surface area contributed by atoms with E-state index >= 15 is 0 Å². The summed E-state index contributed by atoms with van der Waals surface area (Å²) in [6, 6.07) is 11.6. The Bertz CT molecular complexity index is 1340. The normalized spacial score (nSPS) is 12.2. The number of hydrogen-bond acceptors (Lipinski definition) is 4. The lowest BCUT2D eigenvalue weighted by molar-refractivity contribution is -0.274. The lowest BCUT2D eigenvalue weighted by Gasteiger charge is -2.13.